The lowest BCUT2D eigenvalue weighted by atomic mass is 9.95. The third-order valence-corrected chi connectivity index (χ3v) is 4.81. The van der Waals surface area contributed by atoms with Crippen LogP contribution in [0, 0.1) is 5.92 Å². The molecule has 0 saturated carbocycles. The first-order chi connectivity index (χ1) is 10.3. The van der Waals surface area contributed by atoms with E-state index in [4.69, 9.17) is 5.73 Å². The molecule has 1 heterocycles. The third kappa shape index (κ3) is 3.27. The second-order valence-electron chi connectivity index (χ2n) is 6.24. The van der Waals surface area contributed by atoms with Gasteiger partial charge in [-0.05, 0) is 43.4 Å². The van der Waals surface area contributed by atoms with E-state index >= 15 is 0 Å². The van der Waals surface area contributed by atoms with Gasteiger partial charge in [0, 0.05) is 25.7 Å². The number of fused-ring (bicyclic) bond motifs is 1. The Morgan fingerprint density at radius 2 is 2.00 bits per heavy atom. The summed E-state index contributed by atoms with van der Waals surface area (Å²) in [6.07, 6.45) is 4.39. The number of hydrogen-bond acceptors (Lipinski definition) is 3. The van der Waals surface area contributed by atoms with Gasteiger partial charge in [-0.15, -0.1) is 0 Å². The van der Waals surface area contributed by atoms with Gasteiger partial charge in [-0.25, -0.2) is 0 Å². The van der Waals surface area contributed by atoms with Crippen LogP contribution in [-0.4, -0.2) is 43.0 Å². The fourth-order valence-corrected chi connectivity index (χ4v) is 3.69. The molecule has 3 N–H and O–H groups in total. The van der Waals surface area contributed by atoms with Crippen LogP contribution >= 0.6 is 0 Å². The van der Waals surface area contributed by atoms with Crippen molar-refractivity contribution >= 4 is 5.91 Å². The quantitative estimate of drug-likeness (QED) is 0.866. The molecule has 0 aromatic heterocycles. The Hall–Kier alpha value is -1.39. The molecule has 4 heteroatoms. The average molecular weight is 287 g/mol. The summed E-state index contributed by atoms with van der Waals surface area (Å²) >= 11 is 0. The van der Waals surface area contributed by atoms with E-state index in [0.717, 1.165) is 38.8 Å². The number of nitrogens with two attached hydrogens (primary N) is 1. The van der Waals surface area contributed by atoms with E-state index < -0.39 is 0 Å². The Bertz CT molecular complexity index is 478. The summed E-state index contributed by atoms with van der Waals surface area (Å²) in [5, 5.41) is 2.94. The van der Waals surface area contributed by atoms with E-state index in [1.165, 1.54) is 11.1 Å². The van der Waals surface area contributed by atoms with Gasteiger partial charge in [0.25, 0.3) is 0 Å². The van der Waals surface area contributed by atoms with Crippen LogP contribution in [0.3, 0.4) is 0 Å². The maximum atomic E-state index is 12.1. The fourth-order valence-electron chi connectivity index (χ4n) is 3.69. The highest BCUT2D eigenvalue weighted by Gasteiger charge is 2.32. The summed E-state index contributed by atoms with van der Waals surface area (Å²) in [5.74, 6) is 0.315. The zero-order valence-electron chi connectivity index (χ0n) is 12.6. The maximum Gasteiger partial charge on any atom is 0.224 e. The molecule has 1 saturated heterocycles. The summed E-state index contributed by atoms with van der Waals surface area (Å²) in [4.78, 5) is 14.7. The lowest BCUT2D eigenvalue weighted by Gasteiger charge is -2.36. The van der Waals surface area contributed by atoms with Crippen LogP contribution in [0.25, 0.3) is 0 Å². The highest BCUT2D eigenvalue weighted by atomic mass is 16.1. The van der Waals surface area contributed by atoms with Crippen molar-refractivity contribution in [2.45, 2.75) is 31.7 Å². The molecule has 3 rings (SSSR count). The number of benzene rings is 1. The van der Waals surface area contributed by atoms with Crippen LogP contribution in [-0.2, 0) is 17.6 Å². The smallest absolute Gasteiger partial charge is 0.224 e. The molecular formula is C17H25N3O. The molecule has 1 fully saturated rings. The summed E-state index contributed by atoms with van der Waals surface area (Å²) in [5.41, 5.74) is 8.42. The SMILES string of the molecule is NCCNC(=O)C1CCCN(C2Cc3ccccc3C2)C1. The second kappa shape index (κ2) is 6.58. The Balaban J connectivity index is 1.59. The predicted molar refractivity (Wildman–Crippen MR) is 84.0 cm³/mol. The summed E-state index contributed by atoms with van der Waals surface area (Å²) in [6.45, 7) is 3.12. The van der Waals surface area contributed by atoms with Gasteiger partial charge in [-0.1, -0.05) is 24.3 Å². The van der Waals surface area contributed by atoms with Crippen molar-refractivity contribution in [1.82, 2.24) is 10.2 Å². The van der Waals surface area contributed by atoms with Crippen LogP contribution in [0.4, 0.5) is 0 Å². The predicted octanol–water partition coefficient (Wildman–Crippen LogP) is 0.941. The van der Waals surface area contributed by atoms with Crippen molar-refractivity contribution in [2.75, 3.05) is 26.2 Å². The number of nitrogens with zero attached hydrogens (tertiary/aromatic N) is 1. The summed E-state index contributed by atoms with van der Waals surface area (Å²) < 4.78 is 0. The normalized spacial score (nSPS) is 23.0. The number of hydrogen-bond donors (Lipinski definition) is 2. The van der Waals surface area contributed by atoms with Crippen LogP contribution < -0.4 is 11.1 Å². The lowest BCUT2D eigenvalue weighted by molar-refractivity contribution is -0.126. The molecule has 0 radical (unpaired) electrons. The number of carbonyl (C=O) groups excluding carboxylic acids is 1. The first-order valence-corrected chi connectivity index (χ1v) is 8.06. The second-order valence-corrected chi connectivity index (χ2v) is 6.24. The van der Waals surface area contributed by atoms with Crippen LogP contribution in [0.15, 0.2) is 24.3 Å². The van der Waals surface area contributed by atoms with Crippen LogP contribution in [0.5, 0.6) is 0 Å². The fraction of sp³-hybridized carbons (Fsp3) is 0.588. The van der Waals surface area contributed by atoms with Crippen molar-refractivity contribution in [3.05, 3.63) is 35.4 Å². The molecule has 1 aliphatic carbocycles. The number of nitrogens with one attached hydrogen (secondary N) is 1. The monoisotopic (exact) mass is 287 g/mol. The molecular weight excluding hydrogens is 262 g/mol. The van der Waals surface area contributed by atoms with Gasteiger partial charge < -0.3 is 11.1 Å². The minimum atomic E-state index is 0.133. The molecule has 1 amide bonds. The Morgan fingerprint density at radius 3 is 2.67 bits per heavy atom. The molecule has 2 aliphatic rings. The third-order valence-electron chi connectivity index (χ3n) is 4.81. The Kier molecular flexibility index (Phi) is 4.56. The van der Waals surface area contributed by atoms with E-state index in [-0.39, 0.29) is 11.8 Å². The molecule has 1 unspecified atom stereocenters. The van der Waals surface area contributed by atoms with E-state index in [0.29, 0.717) is 19.1 Å². The van der Waals surface area contributed by atoms with Gasteiger partial charge in [0.1, 0.15) is 0 Å². The van der Waals surface area contributed by atoms with Crippen LogP contribution in [0.1, 0.15) is 24.0 Å². The molecule has 1 aromatic carbocycles. The Morgan fingerprint density at radius 1 is 1.29 bits per heavy atom. The Labute approximate surface area is 126 Å². The van der Waals surface area contributed by atoms with Gasteiger partial charge in [0.2, 0.25) is 5.91 Å². The van der Waals surface area contributed by atoms with E-state index in [1.54, 1.807) is 0 Å². The van der Waals surface area contributed by atoms with Crippen LogP contribution in [0.2, 0.25) is 0 Å². The maximum absolute atomic E-state index is 12.1. The molecule has 4 nitrogen and oxygen atoms in total. The molecule has 0 spiro atoms. The topological polar surface area (TPSA) is 58.4 Å². The first kappa shape index (κ1) is 14.5. The molecule has 0 bridgehead atoms. The molecule has 1 atom stereocenters. The van der Waals surface area contributed by atoms with Crippen molar-refractivity contribution in [1.29, 1.82) is 0 Å². The van der Waals surface area contributed by atoms with Crippen molar-refractivity contribution in [3.8, 4) is 0 Å². The number of amides is 1. The number of rotatable bonds is 4. The molecule has 1 aliphatic heterocycles. The first-order valence-electron chi connectivity index (χ1n) is 8.06. The number of piperidine rings is 1. The zero-order chi connectivity index (χ0) is 14.7. The highest BCUT2D eigenvalue weighted by molar-refractivity contribution is 5.78. The minimum Gasteiger partial charge on any atom is -0.355 e. The van der Waals surface area contributed by atoms with Gasteiger partial charge in [-0.2, -0.15) is 0 Å². The minimum absolute atomic E-state index is 0.133. The molecule has 114 valence electrons. The number of likely N-dealkylation sites (tertiary alicyclic amines) is 1. The average Bonchev–Trinajstić information content (AvgIpc) is 2.97. The van der Waals surface area contributed by atoms with Gasteiger partial charge in [-0.3, -0.25) is 9.69 Å². The van der Waals surface area contributed by atoms with E-state index in [9.17, 15) is 4.79 Å². The molecule has 1 aromatic rings. The number of carbonyl (C=O) groups is 1. The van der Waals surface area contributed by atoms with Gasteiger partial charge >= 0.3 is 0 Å². The lowest BCUT2D eigenvalue weighted by Crippen LogP contribution is -2.48. The van der Waals surface area contributed by atoms with Crippen molar-refractivity contribution in [3.63, 3.8) is 0 Å². The van der Waals surface area contributed by atoms with E-state index in [2.05, 4.69) is 34.5 Å². The highest BCUT2D eigenvalue weighted by Crippen LogP contribution is 2.28. The summed E-state index contributed by atoms with van der Waals surface area (Å²) in [7, 11) is 0. The van der Waals surface area contributed by atoms with Crippen molar-refractivity contribution < 1.29 is 4.79 Å². The zero-order valence-corrected chi connectivity index (χ0v) is 12.6. The molecule has 21 heavy (non-hydrogen) atoms. The largest absolute Gasteiger partial charge is 0.355 e. The standard InChI is InChI=1S/C17H25N3O/c18-7-8-19-17(21)15-6-3-9-20(12-15)16-10-13-4-1-2-5-14(13)11-16/h1-2,4-5,15-16H,3,6-12,18H2,(H,19,21). The summed E-state index contributed by atoms with van der Waals surface area (Å²) in [6, 6.07) is 9.31. The van der Waals surface area contributed by atoms with Crippen molar-refractivity contribution in [2.24, 2.45) is 11.7 Å². The van der Waals surface area contributed by atoms with Gasteiger partial charge in [0.15, 0.2) is 0 Å². The van der Waals surface area contributed by atoms with Gasteiger partial charge in [0.05, 0.1) is 5.92 Å². The van der Waals surface area contributed by atoms with E-state index in [1.807, 2.05) is 0 Å².